The maximum Gasteiger partial charge on any atom is 0.178 e. The van der Waals surface area contributed by atoms with Crippen molar-refractivity contribution in [2.75, 3.05) is 19.6 Å². The highest BCUT2D eigenvalue weighted by Crippen LogP contribution is 2.37. The van der Waals surface area contributed by atoms with Gasteiger partial charge in [-0.2, -0.15) is 0 Å². The molecule has 0 bridgehead atoms. The number of piperidine rings is 1. The van der Waals surface area contributed by atoms with Gasteiger partial charge >= 0.3 is 0 Å². The average molecular weight is 290 g/mol. The third-order valence-corrected chi connectivity index (χ3v) is 5.86. The standard InChI is InChI=1S/C18H30N2O/c1-6-18(7-2)8-10-20(11-9-18)13-17(21)16-12-14(3)19(5)15(16)4/h12H,6-11,13H2,1-5H3. The number of Topliss-reactive ketones (excluding diaryl/α,β-unsaturated/α-hetero) is 1. The van der Waals surface area contributed by atoms with E-state index in [9.17, 15) is 4.79 Å². The molecule has 0 unspecified atom stereocenters. The van der Waals surface area contributed by atoms with Crippen molar-refractivity contribution in [2.45, 2.75) is 53.4 Å². The third-order valence-electron chi connectivity index (χ3n) is 5.86. The Morgan fingerprint density at radius 3 is 2.19 bits per heavy atom. The van der Waals surface area contributed by atoms with Gasteiger partial charge in [0.25, 0.3) is 0 Å². The molecule has 0 atom stereocenters. The Morgan fingerprint density at radius 1 is 1.19 bits per heavy atom. The lowest BCUT2D eigenvalue weighted by Crippen LogP contribution is -2.42. The lowest BCUT2D eigenvalue weighted by atomic mass is 9.74. The highest BCUT2D eigenvalue weighted by Gasteiger charge is 2.31. The van der Waals surface area contributed by atoms with Gasteiger partial charge in [0.2, 0.25) is 0 Å². The summed E-state index contributed by atoms with van der Waals surface area (Å²) in [5.74, 6) is 0.275. The maximum absolute atomic E-state index is 12.5. The number of ketones is 1. The number of rotatable bonds is 5. The molecule has 3 nitrogen and oxygen atoms in total. The van der Waals surface area contributed by atoms with Gasteiger partial charge in [-0.15, -0.1) is 0 Å². The number of nitrogens with zero attached hydrogens (tertiary/aromatic N) is 2. The maximum atomic E-state index is 12.5. The van der Waals surface area contributed by atoms with E-state index in [1.807, 2.05) is 20.0 Å². The number of carbonyl (C=O) groups excluding carboxylic acids is 1. The summed E-state index contributed by atoms with van der Waals surface area (Å²) in [4.78, 5) is 14.9. The van der Waals surface area contributed by atoms with E-state index in [0.29, 0.717) is 12.0 Å². The molecule has 2 rings (SSSR count). The molecule has 0 aliphatic carbocycles. The molecule has 21 heavy (non-hydrogen) atoms. The normalized spacial score (nSPS) is 18.9. The lowest BCUT2D eigenvalue weighted by molar-refractivity contribution is 0.0755. The van der Waals surface area contributed by atoms with Gasteiger partial charge in [0.05, 0.1) is 6.54 Å². The van der Waals surface area contributed by atoms with E-state index >= 15 is 0 Å². The van der Waals surface area contributed by atoms with Crippen LogP contribution in [-0.4, -0.2) is 34.9 Å². The summed E-state index contributed by atoms with van der Waals surface area (Å²) in [5, 5.41) is 0. The first kappa shape index (κ1) is 16.3. The summed E-state index contributed by atoms with van der Waals surface area (Å²) in [6.45, 7) is 11.4. The van der Waals surface area contributed by atoms with Gasteiger partial charge in [0.1, 0.15) is 0 Å². The van der Waals surface area contributed by atoms with E-state index < -0.39 is 0 Å². The van der Waals surface area contributed by atoms with Gasteiger partial charge < -0.3 is 4.57 Å². The number of aryl methyl sites for hydroxylation is 1. The van der Waals surface area contributed by atoms with E-state index in [2.05, 4.69) is 30.2 Å². The molecule has 0 saturated carbocycles. The van der Waals surface area contributed by atoms with E-state index in [4.69, 9.17) is 0 Å². The zero-order chi connectivity index (χ0) is 15.6. The fourth-order valence-corrected chi connectivity index (χ4v) is 3.57. The van der Waals surface area contributed by atoms with Crippen LogP contribution < -0.4 is 0 Å². The van der Waals surface area contributed by atoms with Crippen LogP contribution in [0.4, 0.5) is 0 Å². The molecule has 1 aliphatic rings. The zero-order valence-corrected chi connectivity index (χ0v) is 14.3. The third kappa shape index (κ3) is 3.23. The molecule has 0 N–H and O–H groups in total. The summed E-state index contributed by atoms with van der Waals surface area (Å²) < 4.78 is 2.10. The zero-order valence-electron chi connectivity index (χ0n) is 14.3. The van der Waals surface area contributed by atoms with Crippen LogP contribution in [0.2, 0.25) is 0 Å². The second kappa shape index (κ2) is 6.35. The van der Waals surface area contributed by atoms with Gasteiger partial charge in [-0.1, -0.05) is 26.7 Å². The Kier molecular flexibility index (Phi) is 4.92. The second-order valence-electron chi connectivity index (χ2n) is 6.75. The molecule has 1 saturated heterocycles. The van der Waals surface area contributed by atoms with Crippen molar-refractivity contribution >= 4 is 5.78 Å². The number of hydrogen-bond acceptors (Lipinski definition) is 2. The van der Waals surface area contributed by atoms with E-state index in [1.165, 1.54) is 25.7 Å². The Labute approximate surface area is 129 Å². The van der Waals surface area contributed by atoms with Crippen LogP contribution in [0.15, 0.2) is 6.07 Å². The molecule has 118 valence electrons. The fraction of sp³-hybridized carbons (Fsp3) is 0.722. The first-order chi connectivity index (χ1) is 9.92. The molecular formula is C18H30N2O. The van der Waals surface area contributed by atoms with Crippen LogP contribution in [0.25, 0.3) is 0 Å². The molecule has 1 aliphatic heterocycles. The van der Waals surface area contributed by atoms with E-state index in [-0.39, 0.29) is 5.78 Å². The lowest BCUT2D eigenvalue weighted by Gasteiger charge is -2.40. The fourth-order valence-electron chi connectivity index (χ4n) is 3.57. The van der Waals surface area contributed by atoms with Gasteiger partial charge in [-0.25, -0.2) is 0 Å². The molecule has 1 fully saturated rings. The minimum absolute atomic E-state index is 0.275. The summed E-state index contributed by atoms with van der Waals surface area (Å²) in [6, 6.07) is 2.03. The molecule has 2 heterocycles. The minimum atomic E-state index is 0.275. The molecule has 1 aromatic heterocycles. The monoisotopic (exact) mass is 290 g/mol. The summed E-state index contributed by atoms with van der Waals surface area (Å²) >= 11 is 0. The SMILES string of the molecule is CCC1(CC)CCN(CC(=O)c2cc(C)n(C)c2C)CC1. The van der Waals surface area contributed by atoms with Crippen molar-refractivity contribution in [2.24, 2.45) is 12.5 Å². The van der Waals surface area contributed by atoms with Gasteiger partial charge in [0, 0.05) is 24.0 Å². The Hall–Kier alpha value is -1.09. The van der Waals surface area contributed by atoms with Gasteiger partial charge in [0.15, 0.2) is 5.78 Å². The molecule has 3 heteroatoms. The Balaban J connectivity index is 1.97. The summed E-state index contributed by atoms with van der Waals surface area (Å²) in [7, 11) is 2.03. The first-order valence-corrected chi connectivity index (χ1v) is 8.31. The van der Waals surface area contributed by atoms with Crippen LogP contribution in [-0.2, 0) is 7.05 Å². The van der Waals surface area contributed by atoms with Crippen molar-refractivity contribution in [3.63, 3.8) is 0 Å². The van der Waals surface area contributed by atoms with E-state index in [0.717, 1.165) is 30.0 Å². The molecule has 0 aromatic carbocycles. The number of carbonyl (C=O) groups is 1. The second-order valence-corrected chi connectivity index (χ2v) is 6.75. The molecule has 0 amide bonds. The van der Waals surface area contributed by atoms with Gasteiger partial charge in [-0.3, -0.25) is 9.69 Å². The average Bonchev–Trinajstić information content (AvgIpc) is 2.76. The quantitative estimate of drug-likeness (QED) is 0.772. The number of hydrogen-bond donors (Lipinski definition) is 0. The predicted molar refractivity (Wildman–Crippen MR) is 87.9 cm³/mol. The van der Waals surface area contributed by atoms with Crippen molar-refractivity contribution in [3.8, 4) is 0 Å². The molecule has 1 aromatic rings. The van der Waals surface area contributed by atoms with Gasteiger partial charge in [-0.05, 0) is 51.3 Å². The Morgan fingerprint density at radius 2 is 1.76 bits per heavy atom. The van der Waals surface area contributed by atoms with Crippen LogP contribution >= 0.6 is 0 Å². The van der Waals surface area contributed by atoms with Crippen LogP contribution in [0.3, 0.4) is 0 Å². The first-order valence-electron chi connectivity index (χ1n) is 8.31. The number of likely N-dealkylation sites (tertiary alicyclic amines) is 1. The number of aromatic nitrogens is 1. The van der Waals surface area contributed by atoms with E-state index in [1.54, 1.807) is 0 Å². The van der Waals surface area contributed by atoms with Crippen molar-refractivity contribution in [1.82, 2.24) is 9.47 Å². The van der Waals surface area contributed by atoms with Crippen molar-refractivity contribution in [3.05, 3.63) is 23.0 Å². The predicted octanol–water partition coefficient (Wildman–Crippen LogP) is 3.73. The van der Waals surface area contributed by atoms with Crippen LogP contribution in [0.1, 0.15) is 61.3 Å². The molecule has 0 radical (unpaired) electrons. The van der Waals surface area contributed by atoms with Crippen LogP contribution in [0.5, 0.6) is 0 Å². The minimum Gasteiger partial charge on any atom is -0.351 e. The topological polar surface area (TPSA) is 25.2 Å². The van der Waals surface area contributed by atoms with Crippen molar-refractivity contribution in [1.29, 1.82) is 0 Å². The van der Waals surface area contributed by atoms with Crippen LogP contribution in [0, 0.1) is 19.3 Å². The highest BCUT2D eigenvalue weighted by molar-refractivity contribution is 5.99. The summed E-state index contributed by atoms with van der Waals surface area (Å²) in [5.41, 5.74) is 3.67. The highest BCUT2D eigenvalue weighted by atomic mass is 16.1. The van der Waals surface area contributed by atoms with Crippen molar-refractivity contribution < 1.29 is 4.79 Å². The largest absolute Gasteiger partial charge is 0.351 e. The smallest absolute Gasteiger partial charge is 0.178 e. The molecular weight excluding hydrogens is 260 g/mol. The Bertz CT molecular complexity index is 502. The summed E-state index contributed by atoms with van der Waals surface area (Å²) in [6.07, 6.45) is 5.00. The molecule has 0 spiro atoms.